The maximum atomic E-state index is 12.0. The van der Waals surface area contributed by atoms with E-state index in [0.717, 1.165) is 11.1 Å². The van der Waals surface area contributed by atoms with Crippen molar-refractivity contribution in [1.29, 1.82) is 0 Å². The summed E-state index contributed by atoms with van der Waals surface area (Å²) in [5.74, 6) is -0.517. The van der Waals surface area contributed by atoms with Crippen molar-refractivity contribution in [3.8, 4) is 11.5 Å². The molecule has 120 valence electrons. The van der Waals surface area contributed by atoms with Gasteiger partial charge in [0.15, 0.2) is 0 Å². The van der Waals surface area contributed by atoms with Crippen LogP contribution in [0.1, 0.15) is 24.5 Å². The van der Waals surface area contributed by atoms with Crippen molar-refractivity contribution in [2.24, 2.45) is 5.92 Å². The third kappa shape index (κ3) is 5.25. The van der Waals surface area contributed by atoms with Crippen molar-refractivity contribution in [3.63, 3.8) is 0 Å². The largest absolute Gasteiger partial charge is 0.427 e. The minimum atomic E-state index is -0.576. The molecule has 1 unspecified atom stereocenters. The molecule has 0 fully saturated rings. The highest BCUT2D eigenvalue weighted by Crippen LogP contribution is 2.17. The lowest BCUT2D eigenvalue weighted by atomic mass is 10.1. The van der Waals surface area contributed by atoms with Crippen LogP contribution in [0.2, 0.25) is 0 Å². The van der Waals surface area contributed by atoms with Gasteiger partial charge in [0.1, 0.15) is 11.5 Å². The van der Waals surface area contributed by atoms with Crippen molar-refractivity contribution < 1.29 is 19.1 Å². The first kappa shape index (κ1) is 16.7. The van der Waals surface area contributed by atoms with E-state index in [0.29, 0.717) is 11.5 Å². The number of hydrogen-bond donors (Lipinski definition) is 0. The van der Waals surface area contributed by atoms with Crippen LogP contribution in [0.3, 0.4) is 0 Å². The van der Waals surface area contributed by atoms with Gasteiger partial charge >= 0.3 is 11.9 Å². The lowest BCUT2D eigenvalue weighted by Crippen LogP contribution is -2.23. The van der Waals surface area contributed by atoms with E-state index in [1.807, 2.05) is 38.1 Å². The number of hydrogen-bond acceptors (Lipinski definition) is 4. The fraction of sp³-hybridized carbons (Fsp3) is 0.263. The van der Waals surface area contributed by atoms with E-state index in [-0.39, 0.29) is 6.42 Å². The minimum absolute atomic E-state index is 0.0292. The number of carbonyl (C=O) groups is 2. The summed E-state index contributed by atoms with van der Waals surface area (Å²) in [5, 5.41) is 0. The quantitative estimate of drug-likeness (QED) is 0.622. The van der Waals surface area contributed by atoms with Crippen molar-refractivity contribution >= 4 is 11.9 Å². The first-order valence-electron chi connectivity index (χ1n) is 7.50. The number of aryl methyl sites for hydroxylation is 2. The van der Waals surface area contributed by atoms with Gasteiger partial charge in [-0.15, -0.1) is 0 Å². The van der Waals surface area contributed by atoms with Crippen LogP contribution in [0.5, 0.6) is 11.5 Å². The zero-order chi connectivity index (χ0) is 16.8. The fourth-order valence-corrected chi connectivity index (χ4v) is 2.08. The predicted octanol–water partition coefficient (Wildman–Crippen LogP) is 3.84. The molecular formula is C19H20O4. The highest BCUT2D eigenvalue weighted by atomic mass is 16.5. The maximum Gasteiger partial charge on any atom is 0.314 e. The zero-order valence-electron chi connectivity index (χ0n) is 13.5. The summed E-state index contributed by atoms with van der Waals surface area (Å²) in [5.41, 5.74) is 2.00. The van der Waals surface area contributed by atoms with Gasteiger partial charge < -0.3 is 9.47 Å². The molecule has 0 heterocycles. The molecule has 0 aliphatic carbocycles. The molecule has 0 saturated heterocycles. The Morgan fingerprint density at radius 3 is 1.96 bits per heavy atom. The summed E-state index contributed by atoms with van der Waals surface area (Å²) in [6, 6.07) is 14.4. The van der Waals surface area contributed by atoms with Crippen LogP contribution in [0.25, 0.3) is 0 Å². The number of rotatable bonds is 5. The van der Waals surface area contributed by atoms with E-state index in [1.54, 1.807) is 31.2 Å². The summed E-state index contributed by atoms with van der Waals surface area (Å²) in [6.07, 6.45) is -0.0292. The van der Waals surface area contributed by atoms with Gasteiger partial charge in [-0.1, -0.05) is 31.2 Å². The Hall–Kier alpha value is -2.62. The van der Waals surface area contributed by atoms with Crippen molar-refractivity contribution in [2.75, 3.05) is 0 Å². The van der Waals surface area contributed by atoms with Crippen molar-refractivity contribution in [3.05, 3.63) is 59.7 Å². The van der Waals surface area contributed by atoms with Crippen LogP contribution in [0.15, 0.2) is 48.5 Å². The minimum Gasteiger partial charge on any atom is -0.427 e. The molecule has 2 aromatic carbocycles. The molecule has 0 spiro atoms. The molecule has 4 heteroatoms. The van der Waals surface area contributed by atoms with E-state index in [9.17, 15) is 9.59 Å². The maximum absolute atomic E-state index is 12.0. The van der Waals surface area contributed by atoms with Gasteiger partial charge in [-0.25, -0.2) is 0 Å². The monoisotopic (exact) mass is 312 g/mol. The second-order valence-corrected chi connectivity index (χ2v) is 5.63. The van der Waals surface area contributed by atoms with Crippen LogP contribution in [-0.4, -0.2) is 11.9 Å². The Labute approximate surface area is 136 Å². The molecule has 0 saturated carbocycles. The van der Waals surface area contributed by atoms with Crippen molar-refractivity contribution in [1.82, 2.24) is 0 Å². The third-order valence-corrected chi connectivity index (χ3v) is 3.30. The fourth-order valence-electron chi connectivity index (χ4n) is 2.08. The molecule has 0 bridgehead atoms. The van der Waals surface area contributed by atoms with E-state index < -0.39 is 17.9 Å². The number of benzene rings is 2. The van der Waals surface area contributed by atoms with Crippen LogP contribution in [0, 0.1) is 19.8 Å². The normalized spacial score (nSPS) is 11.6. The van der Waals surface area contributed by atoms with Gasteiger partial charge in [-0.3, -0.25) is 9.59 Å². The molecule has 0 aliphatic rings. The van der Waals surface area contributed by atoms with Crippen molar-refractivity contribution in [2.45, 2.75) is 27.2 Å². The van der Waals surface area contributed by atoms with E-state index in [1.165, 1.54) is 0 Å². The van der Waals surface area contributed by atoms with E-state index in [2.05, 4.69) is 0 Å². The first-order valence-corrected chi connectivity index (χ1v) is 7.50. The molecule has 0 radical (unpaired) electrons. The second kappa shape index (κ2) is 7.58. The van der Waals surface area contributed by atoms with Gasteiger partial charge in [0.2, 0.25) is 0 Å². The highest BCUT2D eigenvalue weighted by molar-refractivity contribution is 5.82. The molecule has 1 atom stereocenters. The lowest BCUT2D eigenvalue weighted by Gasteiger charge is -2.11. The van der Waals surface area contributed by atoms with Gasteiger partial charge in [-0.05, 0) is 49.2 Å². The number of ether oxygens (including phenoxy) is 2. The third-order valence-electron chi connectivity index (χ3n) is 3.30. The highest BCUT2D eigenvalue weighted by Gasteiger charge is 2.20. The van der Waals surface area contributed by atoms with E-state index in [4.69, 9.17) is 9.47 Å². The molecular weight excluding hydrogens is 292 g/mol. The van der Waals surface area contributed by atoms with Gasteiger partial charge in [0.05, 0.1) is 12.3 Å². The molecule has 0 amide bonds. The first-order chi connectivity index (χ1) is 10.9. The SMILES string of the molecule is Cc1cccc(OC(=O)CC(C)C(=O)Oc2cccc(C)c2)c1. The van der Waals surface area contributed by atoms with Gasteiger partial charge in [0.25, 0.3) is 0 Å². The average molecular weight is 312 g/mol. The Morgan fingerprint density at radius 1 is 0.913 bits per heavy atom. The Balaban J connectivity index is 1.89. The molecule has 0 aromatic heterocycles. The van der Waals surface area contributed by atoms with E-state index >= 15 is 0 Å². The summed E-state index contributed by atoms with van der Waals surface area (Å²) >= 11 is 0. The summed E-state index contributed by atoms with van der Waals surface area (Å²) < 4.78 is 10.5. The lowest BCUT2D eigenvalue weighted by molar-refractivity contribution is -0.144. The average Bonchev–Trinajstić information content (AvgIpc) is 2.47. The number of esters is 2. The van der Waals surface area contributed by atoms with Crippen LogP contribution < -0.4 is 9.47 Å². The Kier molecular flexibility index (Phi) is 5.52. The predicted molar refractivity (Wildman–Crippen MR) is 87.4 cm³/mol. The molecule has 2 aromatic rings. The number of carbonyl (C=O) groups excluding carboxylic acids is 2. The summed E-state index contributed by atoms with van der Waals surface area (Å²) in [6.45, 7) is 5.48. The Morgan fingerprint density at radius 2 is 1.43 bits per heavy atom. The zero-order valence-corrected chi connectivity index (χ0v) is 13.5. The molecule has 23 heavy (non-hydrogen) atoms. The van der Waals surface area contributed by atoms with Gasteiger partial charge in [-0.2, -0.15) is 0 Å². The van der Waals surface area contributed by atoms with Crippen LogP contribution in [-0.2, 0) is 9.59 Å². The van der Waals surface area contributed by atoms with Crippen LogP contribution >= 0.6 is 0 Å². The van der Waals surface area contributed by atoms with Crippen LogP contribution in [0.4, 0.5) is 0 Å². The smallest absolute Gasteiger partial charge is 0.314 e. The summed E-state index contributed by atoms with van der Waals surface area (Å²) in [4.78, 5) is 24.0. The Bertz CT molecular complexity index is 706. The molecule has 4 nitrogen and oxygen atoms in total. The summed E-state index contributed by atoms with van der Waals surface area (Å²) in [7, 11) is 0. The topological polar surface area (TPSA) is 52.6 Å². The second-order valence-electron chi connectivity index (χ2n) is 5.63. The molecule has 0 N–H and O–H groups in total. The standard InChI is InChI=1S/C19H20O4/c1-13-6-4-8-16(10-13)22-18(20)12-15(3)19(21)23-17-9-5-7-14(2)11-17/h4-11,15H,12H2,1-3H3. The molecule has 0 aliphatic heterocycles. The van der Waals surface area contributed by atoms with Gasteiger partial charge in [0, 0.05) is 0 Å². The molecule has 2 rings (SSSR count).